The van der Waals surface area contributed by atoms with Gasteiger partial charge >= 0.3 is 5.97 Å². The van der Waals surface area contributed by atoms with Crippen molar-refractivity contribution in [3.63, 3.8) is 0 Å². The molecular formula is C12H16N2O6S. The third-order valence-electron chi connectivity index (χ3n) is 3.18. The number of nitrogens with zero attached hydrogens (tertiary/aromatic N) is 1. The second kappa shape index (κ2) is 5.86. The zero-order chi connectivity index (χ0) is 15.6. The number of amides is 1. The van der Waals surface area contributed by atoms with Gasteiger partial charge in [0.1, 0.15) is 11.8 Å². The van der Waals surface area contributed by atoms with Crippen LogP contribution in [0.3, 0.4) is 0 Å². The van der Waals surface area contributed by atoms with Gasteiger partial charge in [-0.15, -0.1) is 0 Å². The Labute approximate surface area is 121 Å². The molecule has 0 spiro atoms. The molecule has 0 bridgehead atoms. The molecule has 0 unspecified atom stereocenters. The molecule has 2 N–H and O–H groups in total. The van der Waals surface area contributed by atoms with Gasteiger partial charge in [-0.3, -0.25) is 4.79 Å². The molecule has 0 radical (unpaired) electrons. The van der Waals surface area contributed by atoms with Crippen LogP contribution in [0.25, 0.3) is 0 Å². The number of furan rings is 1. The molecule has 0 saturated carbocycles. The Balaban J connectivity index is 2.07. The van der Waals surface area contributed by atoms with Crippen molar-refractivity contribution in [1.82, 2.24) is 9.62 Å². The van der Waals surface area contributed by atoms with Crippen molar-refractivity contribution in [2.45, 2.75) is 25.4 Å². The van der Waals surface area contributed by atoms with Gasteiger partial charge in [0.15, 0.2) is 5.76 Å². The molecule has 1 amide bonds. The fourth-order valence-corrected chi connectivity index (χ4v) is 2.60. The Kier molecular flexibility index (Phi) is 4.33. The number of carboxylic acids is 1. The molecule has 1 saturated heterocycles. The lowest BCUT2D eigenvalue weighted by atomic mass is 10.2. The van der Waals surface area contributed by atoms with E-state index in [0.29, 0.717) is 19.4 Å². The highest BCUT2D eigenvalue weighted by atomic mass is 32.2. The predicted octanol–water partition coefficient (Wildman–Crippen LogP) is 0.0180. The molecule has 0 aromatic carbocycles. The minimum atomic E-state index is -3.35. The highest BCUT2D eigenvalue weighted by Crippen LogP contribution is 2.21. The number of carboxylic acid groups (broad SMARTS) is 1. The Morgan fingerprint density at radius 3 is 2.81 bits per heavy atom. The molecule has 1 fully saturated rings. The van der Waals surface area contributed by atoms with Gasteiger partial charge in [-0.1, -0.05) is 0 Å². The number of hydrogen-bond acceptors (Lipinski definition) is 5. The quantitative estimate of drug-likeness (QED) is 0.791. The van der Waals surface area contributed by atoms with Crippen LogP contribution >= 0.6 is 0 Å². The van der Waals surface area contributed by atoms with E-state index in [4.69, 9.17) is 9.52 Å². The van der Waals surface area contributed by atoms with Gasteiger partial charge < -0.3 is 14.4 Å². The number of hydrogen-bond donors (Lipinski definition) is 2. The topological polar surface area (TPSA) is 117 Å². The lowest BCUT2D eigenvalue weighted by Gasteiger charge is -2.19. The number of rotatable bonds is 5. The summed E-state index contributed by atoms with van der Waals surface area (Å²) in [5.74, 6) is -1.24. The van der Waals surface area contributed by atoms with Gasteiger partial charge in [0, 0.05) is 6.54 Å². The van der Waals surface area contributed by atoms with Crippen LogP contribution in [-0.4, -0.2) is 49.1 Å². The molecular weight excluding hydrogens is 300 g/mol. The average Bonchev–Trinajstić information content (AvgIpc) is 3.04. The Morgan fingerprint density at radius 1 is 1.48 bits per heavy atom. The van der Waals surface area contributed by atoms with Crippen LogP contribution in [0.5, 0.6) is 0 Å². The highest BCUT2D eigenvalue weighted by molar-refractivity contribution is 7.88. The first-order valence-corrected chi connectivity index (χ1v) is 8.24. The van der Waals surface area contributed by atoms with E-state index in [-0.39, 0.29) is 18.1 Å². The van der Waals surface area contributed by atoms with E-state index in [1.54, 1.807) is 0 Å². The summed E-state index contributed by atoms with van der Waals surface area (Å²) in [6, 6.07) is 2.07. The van der Waals surface area contributed by atoms with Crippen molar-refractivity contribution in [2.75, 3.05) is 12.8 Å². The molecule has 2 rings (SSSR count). The zero-order valence-corrected chi connectivity index (χ0v) is 12.2. The van der Waals surface area contributed by atoms with Crippen LogP contribution in [0.4, 0.5) is 0 Å². The summed E-state index contributed by atoms with van der Waals surface area (Å²) in [7, 11) is -3.35. The van der Waals surface area contributed by atoms with Crippen LogP contribution in [0.15, 0.2) is 16.5 Å². The van der Waals surface area contributed by atoms with E-state index in [1.165, 1.54) is 17.0 Å². The van der Waals surface area contributed by atoms with Gasteiger partial charge in [-0.2, -0.15) is 0 Å². The molecule has 1 aromatic rings. The largest absolute Gasteiger partial charge is 0.480 e. The third kappa shape index (κ3) is 3.82. The van der Waals surface area contributed by atoms with Gasteiger partial charge in [-0.05, 0) is 25.0 Å². The maximum atomic E-state index is 12.2. The van der Waals surface area contributed by atoms with Crippen molar-refractivity contribution in [2.24, 2.45) is 0 Å². The molecule has 2 heterocycles. The van der Waals surface area contributed by atoms with Crippen molar-refractivity contribution < 1.29 is 27.5 Å². The van der Waals surface area contributed by atoms with Crippen molar-refractivity contribution in [1.29, 1.82) is 0 Å². The van der Waals surface area contributed by atoms with E-state index in [0.717, 1.165) is 6.26 Å². The SMILES string of the molecule is CS(=O)(=O)NCc1ccc(C(=O)N2CCC[C@@H]2C(=O)O)o1. The summed E-state index contributed by atoms with van der Waals surface area (Å²) in [5, 5.41) is 9.06. The summed E-state index contributed by atoms with van der Waals surface area (Å²) < 4.78 is 29.5. The summed E-state index contributed by atoms with van der Waals surface area (Å²) in [6.07, 6.45) is 2.07. The molecule has 1 aliphatic heterocycles. The van der Waals surface area contributed by atoms with Gasteiger partial charge in [-0.25, -0.2) is 17.9 Å². The van der Waals surface area contributed by atoms with Crippen LogP contribution in [0.2, 0.25) is 0 Å². The first-order valence-electron chi connectivity index (χ1n) is 6.35. The normalized spacial score (nSPS) is 18.9. The fourth-order valence-electron chi connectivity index (χ4n) is 2.20. The van der Waals surface area contributed by atoms with Gasteiger partial charge in [0.25, 0.3) is 5.91 Å². The third-order valence-corrected chi connectivity index (χ3v) is 3.85. The van der Waals surface area contributed by atoms with Crippen molar-refractivity contribution in [3.8, 4) is 0 Å². The number of likely N-dealkylation sites (tertiary alicyclic amines) is 1. The molecule has 1 atom stereocenters. The van der Waals surface area contributed by atoms with E-state index in [2.05, 4.69) is 4.72 Å². The monoisotopic (exact) mass is 316 g/mol. The van der Waals surface area contributed by atoms with Gasteiger partial charge in [0.05, 0.1) is 12.8 Å². The van der Waals surface area contributed by atoms with Crippen LogP contribution in [0, 0.1) is 0 Å². The van der Waals surface area contributed by atoms with E-state index >= 15 is 0 Å². The summed E-state index contributed by atoms with van der Waals surface area (Å²) in [5.41, 5.74) is 0. The number of nitrogens with one attached hydrogen (secondary N) is 1. The summed E-state index contributed by atoms with van der Waals surface area (Å²) in [4.78, 5) is 24.5. The zero-order valence-electron chi connectivity index (χ0n) is 11.4. The second-order valence-electron chi connectivity index (χ2n) is 4.85. The molecule has 8 nitrogen and oxygen atoms in total. The lowest BCUT2D eigenvalue weighted by Crippen LogP contribution is -2.40. The smallest absolute Gasteiger partial charge is 0.326 e. The standard InChI is InChI=1S/C12H16N2O6S/c1-21(18,19)13-7-8-4-5-10(20-8)11(15)14-6-2-3-9(14)12(16)17/h4-5,9,13H,2-3,6-7H2,1H3,(H,16,17)/t9-/m1/s1. The van der Waals surface area contributed by atoms with E-state index in [9.17, 15) is 18.0 Å². The molecule has 0 aliphatic carbocycles. The van der Waals surface area contributed by atoms with Crippen molar-refractivity contribution in [3.05, 3.63) is 23.7 Å². The lowest BCUT2D eigenvalue weighted by molar-refractivity contribution is -0.141. The number of sulfonamides is 1. The van der Waals surface area contributed by atoms with E-state index < -0.39 is 27.9 Å². The fraction of sp³-hybridized carbons (Fsp3) is 0.500. The molecule has 21 heavy (non-hydrogen) atoms. The molecule has 116 valence electrons. The minimum absolute atomic E-state index is 0.00783. The molecule has 1 aromatic heterocycles. The van der Waals surface area contributed by atoms with E-state index in [1.807, 2.05) is 0 Å². The number of carbonyl (C=O) groups excluding carboxylic acids is 1. The second-order valence-corrected chi connectivity index (χ2v) is 6.69. The molecule has 1 aliphatic rings. The summed E-state index contributed by atoms with van der Waals surface area (Å²) in [6.45, 7) is 0.307. The Hall–Kier alpha value is -1.87. The minimum Gasteiger partial charge on any atom is -0.480 e. The Morgan fingerprint density at radius 2 is 2.19 bits per heavy atom. The highest BCUT2D eigenvalue weighted by Gasteiger charge is 2.35. The first-order chi connectivity index (χ1) is 9.78. The van der Waals surface area contributed by atoms with Crippen LogP contribution in [-0.2, 0) is 21.4 Å². The maximum Gasteiger partial charge on any atom is 0.326 e. The molecule has 9 heteroatoms. The summed E-state index contributed by atoms with van der Waals surface area (Å²) >= 11 is 0. The number of carbonyl (C=O) groups is 2. The Bertz CT molecular complexity index is 650. The first kappa shape index (κ1) is 15.5. The maximum absolute atomic E-state index is 12.2. The number of aliphatic carboxylic acids is 1. The van der Waals surface area contributed by atoms with Crippen molar-refractivity contribution >= 4 is 21.9 Å². The van der Waals surface area contributed by atoms with Gasteiger partial charge in [0.2, 0.25) is 10.0 Å². The average molecular weight is 316 g/mol. The van der Waals surface area contributed by atoms with Crippen LogP contribution in [0.1, 0.15) is 29.2 Å². The predicted molar refractivity (Wildman–Crippen MR) is 72.1 cm³/mol. The van der Waals surface area contributed by atoms with Crippen LogP contribution < -0.4 is 4.72 Å².